The summed E-state index contributed by atoms with van der Waals surface area (Å²) in [6.45, 7) is 4.49. The van der Waals surface area contributed by atoms with Gasteiger partial charge in [0.2, 0.25) is 0 Å². The Morgan fingerprint density at radius 1 is 1.00 bits per heavy atom. The van der Waals surface area contributed by atoms with Crippen LogP contribution in [0.5, 0.6) is 0 Å². The predicted molar refractivity (Wildman–Crippen MR) is 107 cm³/mol. The smallest absolute Gasteiger partial charge is 0.337 e. The van der Waals surface area contributed by atoms with Crippen molar-refractivity contribution >= 4 is 11.7 Å². The largest absolute Gasteiger partial charge is 0.465 e. The van der Waals surface area contributed by atoms with Crippen molar-refractivity contribution in [2.24, 2.45) is 17.8 Å². The fourth-order valence-corrected chi connectivity index (χ4v) is 6.20. The molecule has 2 aromatic rings. The average Bonchev–Trinajstić information content (AvgIpc) is 3.32. The molecule has 3 aliphatic rings. The molecular formula is C24H27NO2. The molecule has 3 nitrogen and oxygen atoms in total. The minimum Gasteiger partial charge on any atom is -0.465 e. The zero-order valence-electron chi connectivity index (χ0n) is 16.3. The van der Waals surface area contributed by atoms with Crippen LogP contribution in [0.4, 0.5) is 5.69 Å². The molecule has 2 saturated carbocycles. The van der Waals surface area contributed by atoms with Crippen LogP contribution >= 0.6 is 0 Å². The van der Waals surface area contributed by atoms with Crippen LogP contribution in [0, 0.1) is 31.6 Å². The summed E-state index contributed by atoms with van der Waals surface area (Å²) in [5, 5.41) is 3.93. The average molecular weight is 361 g/mol. The van der Waals surface area contributed by atoms with Crippen LogP contribution < -0.4 is 5.32 Å². The highest BCUT2D eigenvalue weighted by Gasteiger charge is 2.54. The van der Waals surface area contributed by atoms with Gasteiger partial charge in [0.15, 0.2) is 0 Å². The SMILES string of the molecule is COC(=O)c1ccc(C2Nc3c(C)ccc(C)c3C3C4CCC(C4)C23)cc1. The first-order valence-electron chi connectivity index (χ1n) is 10.1. The third kappa shape index (κ3) is 2.44. The minimum atomic E-state index is -0.271. The third-order valence-corrected chi connectivity index (χ3v) is 7.36. The molecule has 0 radical (unpaired) electrons. The maximum atomic E-state index is 11.8. The number of hydrogen-bond donors (Lipinski definition) is 1. The summed E-state index contributed by atoms with van der Waals surface area (Å²) in [7, 11) is 1.43. The van der Waals surface area contributed by atoms with Crippen LogP contribution in [-0.4, -0.2) is 13.1 Å². The fraction of sp³-hybridized carbons (Fsp3) is 0.458. The number of ether oxygens (including phenoxy) is 1. The van der Waals surface area contributed by atoms with Crippen molar-refractivity contribution in [1.82, 2.24) is 0 Å². The van der Waals surface area contributed by atoms with Crippen molar-refractivity contribution < 1.29 is 9.53 Å². The van der Waals surface area contributed by atoms with Gasteiger partial charge in [-0.2, -0.15) is 0 Å². The lowest BCUT2D eigenvalue weighted by molar-refractivity contribution is 0.0600. The first-order valence-corrected chi connectivity index (χ1v) is 10.1. The second kappa shape index (κ2) is 6.12. The molecule has 5 atom stereocenters. The van der Waals surface area contributed by atoms with Gasteiger partial charge in [0.1, 0.15) is 0 Å². The summed E-state index contributed by atoms with van der Waals surface area (Å²) < 4.78 is 4.85. The Morgan fingerprint density at radius 3 is 2.44 bits per heavy atom. The van der Waals surface area contributed by atoms with Gasteiger partial charge in [-0.05, 0) is 91.2 Å². The van der Waals surface area contributed by atoms with E-state index in [9.17, 15) is 4.79 Å². The Kier molecular flexibility index (Phi) is 3.82. The number of carbonyl (C=O) groups excluding carboxylic acids is 1. The van der Waals surface area contributed by atoms with E-state index in [1.54, 1.807) is 5.56 Å². The lowest BCUT2D eigenvalue weighted by atomic mass is 9.67. The summed E-state index contributed by atoms with van der Waals surface area (Å²) in [4.78, 5) is 11.8. The Labute approximate surface area is 161 Å². The molecule has 2 bridgehead atoms. The van der Waals surface area contributed by atoms with E-state index < -0.39 is 0 Å². The fourth-order valence-electron chi connectivity index (χ4n) is 6.20. The number of aryl methyl sites for hydroxylation is 2. The minimum absolute atomic E-state index is 0.271. The summed E-state index contributed by atoms with van der Waals surface area (Å²) >= 11 is 0. The number of rotatable bonds is 2. The van der Waals surface area contributed by atoms with Gasteiger partial charge in [0.05, 0.1) is 18.7 Å². The van der Waals surface area contributed by atoms with Crippen molar-refractivity contribution in [3.63, 3.8) is 0 Å². The Morgan fingerprint density at radius 2 is 1.70 bits per heavy atom. The van der Waals surface area contributed by atoms with Crippen LogP contribution in [0.25, 0.3) is 0 Å². The molecule has 5 rings (SSSR count). The van der Waals surface area contributed by atoms with Crippen LogP contribution in [0.3, 0.4) is 0 Å². The molecule has 1 N–H and O–H groups in total. The van der Waals surface area contributed by atoms with Gasteiger partial charge in [0, 0.05) is 5.69 Å². The number of anilines is 1. The highest BCUT2D eigenvalue weighted by molar-refractivity contribution is 5.89. The van der Waals surface area contributed by atoms with Gasteiger partial charge in [0.25, 0.3) is 0 Å². The van der Waals surface area contributed by atoms with E-state index in [1.807, 2.05) is 12.1 Å². The molecule has 0 amide bonds. The molecule has 2 fully saturated rings. The molecule has 2 aliphatic carbocycles. The summed E-state index contributed by atoms with van der Waals surface area (Å²) in [6.07, 6.45) is 4.12. The molecule has 2 aromatic carbocycles. The number of methoxy groups -OCH3 is 1. The molecule has 0 spiro atoms. The molecule has 0 aromatic heterocycles. The first-order chi connectivity index (χ1) is 13.1. The molecule has 1 heterocycles. The highest BCUT2D eigenvalue weighted by atomic mass is 16.5. The Hall–Kier alpha value is -2.29. The van der Waals surface area contributed by atoms with E-state index in [-0.39, 0.29) is 5.97 Å². The van der Waals surface area contributed by atoms with Gasteiger partial charge in [-0.3, -0.25) is 0 Å². The summed E-state index contributed by atoms with van der Waals surface area (Å²) in [5.74, 6) is 2.70. The molecule has 5 unspecified atom stereocenters. The number of esters is 1. The van der Waals surface area contributed by atoms with Gasteiger partial charge in [-0.15, -0.1) is 0 Å². The molecule has 140 valence electrons. The lowest BCUT2D eigenvalue weighted by Gasteiger charge is -2.44. The maximum absolute atomic E-state index is 11.8. The van der Waals surface area contributed by atoms with Crippen molar-refractivity contribution in [2.45, 2.75) is 45.1 Å². The number of hydrogen-bond acceptors (Lipinski definition) is 3. The zero-order chi connectivity index (χ0) is 18.7. The number of carbonyl (C=O) groups is 1. The van der Waals surface area contributed by atoms with Crippen molar-refractivity contribution in [3.05, 3.63) is 64.2 Å². The second-order valence-corrected chi connectivity index (χ2v) is 8.66. The van der Waals surface area contributed by atoms with E-state index >= 15 is 0 Å². The number of nitrogens with one attached hydrogen (secondary N) is 1. The van der Waals surface area contributed by atoms with Crippen LogP contribution in [-0.2, 0) is 4.74 Å². The first kappa shape index (κ1) is 16.9. The summed E-state index contributed by atoms with van der Waals surface area (Å²) in [5.41, 5.74) is 7.62. The van der Waals surface area contributed by atoms with Gasteiger partial charge in [-0.1, -0.05) is 24.3 Å². The molecule has 0 saturated heterocycles. The van der Waals surface area contributed by atoms with Crippen LogP contribution in [0.2, 0.25) is 0 Å². The monoisotopic (exact) mass is 361 g/mol. The normalized spacial score (nSPS) is 30.4. The van der Waals surface area contributed by atoms with Crippen LogP contribution in [0.1, 0.15) is 63.8 Å². The van der Waals surface area contributed by atoms with E-state index in [4.69, 9.17) is 4.74 Å². The zero-order valence-corrected chi connectivity index (χ0v) is 16.3. The van der Waals surface area contributed by atoms with Crippen molar-refractivity contribution in [1.29, 1.82) is 0 Å². The molecule has 3 heteroatoms. The lowest BCUT2D eigenvalue weighted by Crippen LogP contribution is -2.36. The quantitative estimate of drug-likeness (QED) is 0.729. The Balaban J connectivity index is 1.59. The standard InChI is InChI=1S/C24H27NO2/c1-13-4-5-14(2)22-19(13)20-17-10-11-18(12-17)21(20)23(25-22)15-6-8-16(9-7-15)24(26)27-3/h4-9,17-18,20-21,23,25H,10-12H2,1-3H3. The maximum Gasteiger partial charge on any atom is 0.337 e. The van der Waals surface area contributed by atoms with Gasteiger partial charge >= 0.3 is 5.97 Å². The topological polar surface area (TPSA) is 38.3 Å². The number of benzene rings is 2. The van der Waals surface area contributed by atoms with Gasteiger partial charge < -0.3 is 10.1 Å². The van der Waals surface area contributed by atoms with Gasteiger partial charge in [-0.25, -0.2) is 4.79 Å². The van der Waals surface area contributed by atoms with Crippen molar-refractivity contribution in [3.8, 4) is 0 Å². The Bertz CT molecular complexity index is 901. The van der Waals surface area contributed by atoms with E-state index in [1.165, 1.54) is 48.8 Å². The number of fused-ring (bicyclic) bond motifs is 7. The van der Waals surface area contributed by atoms with E-state index in [2.05, 4.69) is 43.4 Å². The van der Waals surface area contributed by atoms with Crippen LogP contribution in [0.15, 0.2) is 36.4 Å². The highest BCUT2D eigenvalue weighted by Crippen LogP contribution is 2.64. The van der Waals surface area contributed by atoms with Crippen molar-refractivity contribution in [2.75, 3.05) is 12.4 Å². The molecule has 1 aliphatic heterocycles. The summed E-state index contributed by atoms with van der Waals surface area (Å²) in [6, 6.07) is 12.9. The molecule has 27 heavy (non-hydrogen) atoms. The second-order valence-electron chi connectivity index (χ2n) is 8.66. The third-order valence-electron chi connectivity index (χ3n) is 7.36. The molecular weight excluding hydrogens is 334 g/mol. The van der Waals surface area contributed by atoms with E-state index in [0.29, 0.717) is 23.4 Å². The predicted octanol–water partition coefficient (Wildman–Crippen LogP) is 5.39. The van der Waals surface area contributed by atoms with E-state index in [0.717, 1.165) is 11.8 Å².